The number of benzene rings is 1. The lowest BCUT2D eigenvalue weighted by molar-refractivity contribution is -0.127. The molecule has 0 bridgehead atoms. The topological polar surface area (TPSA) is 104 Å². The van der Waals surface area contributed by atoms with Crippen molar-refractivity contribution in [1.82, 2.24) is 29.9 Å². The van der Waals surface area contributed by atoms with Crippen LogP contribution in [0.4, 0.5) is 0 Å². The molecule has 0 aliphatic carbocycles. The summed E-state index contributed by atoms with van der Waals surface area (Å²) >= 11 is 0. The number of aromatic nitrogens is 5. The zero-order valence-electron chi connectivity index (χ0n) is 16.0. The van der Waals surface area contributed by atoms with Crippen molar-refractivity contribution in [2.45, 2.75) is 33.4 Å². The normalized spacial score (nSPS) is 11.8. The average Bonchev–Trinajstić information content (AvgIpc) is 3.21. The van der Waals surface area contributed by atoms with Gasteiger partial charge in [0.15, 0.2) is 11.9 Å². The third kappa shape index (κ3) is 4.43. The molecule has 0 aliphatic rings. The van der Waals surface area contributed by atoms with Gasteiger partial charge in [0, 0.05) is 12.6 Å². The van der Waals surface area contributed by atoms with Crippen molar-refractivity contribution in [1.29, 1.82) is 0 Å². The van der Waals surface area contributed by atoms with E-state index >= 15 is 0 Å². The third-order valence-electron chi connectivity index (χ3n) is 4.36. The number of hydrogen-bond donors (Lipinski definition) is 1. The Labute approximate surface area is 162 Å². The number of amides is 1. The van der Waals surface area contributed by atoms with Gasteiger partial charge in [0.05, 0.1) is 6.54 Å². The molecule has 2 heterocycles. The standard InChI is InChI=1S/C19H22N6O3/c1-13-5-4-6-16(14(13)2)28-15(3)19(27)21-9-10-24-18(26)8-7-17(23-24)25-12-20-11-22-25/h4-8,11-12,15H,9-10H2,1-3H3,(H,21,27). The summed E-state index contributed by atoms with van der Waals surface area (Å²) in [5, 5.41) is 11.0. The quantitative estimate of drug-likeness (QED) is 0.654. The van der Waals surface area contributed by atoms with E-state index in [1.165, 1.54) is 28.1 Å². The van der Waals surface area contributed by atoms with Crippen molar-refractivity contribution in [3.8, 4) is 11.6 Å². The summed E-state index contributed by atoms with van der Waals surface area (Å²) in [7, 11) is 0. The lowest BCUT2D eigenvalue weighted by Gasteiger charge is -2.17. The zero-order chi connectivity index (χ0) is 20.1. The molecule has 3 aromatic rings. The highest BCUT2D eigenvalue weighted by atomic mass is 16.5. The van der Waals surface area contributed by atoms with Crippen LogP contribution in [0.2, 0.25) is 0 Å². The maximum atomic E-state index is 12.3. The number of aryl methyl sites for hydroxylation is 1. The molecule has 1 amide bonds. The predicted octanol–water partition coefficient (Wildman–Crippen LogP) is 1.02. The van der Waals surface area contributed by atoms with Crippen LogP contribution < -0.4 is 15.6 Å². The van der Waals surface area contributed by atoms with Crippen LogP contribution in [-0.2, 0) is 11.3 Å². The Hall–Kier alpha value is -3.49. The lowest BCUT2D eigenvalue weighted by Crippen LogP contribution is -2.39. The van der Waals surface area contributed by atoms with Gasteiger partial charge in [-0.25, -0.2) is 14.3 Å². The number of hydrogen-bond acceptors (Lipinski definition) is 6. The van der Waals surface area contributed by atoms with E-state index in [0.717, 1.165) is 11.1 Å². The van der Waals surface area contributed by atoms with E-state index in [1.807, 2.05) is 32.0 Å². The van der Waals surface area contributed by atoms with Gasteiger partial charge >= 0.3 is 0 Å². The molecule has 0 spiro atoms. The second-order valence-corrected chi connectivity index (χ2v) is 6.34. The maximum Gasteiger partial charge on any atom is 0.266 e. The second kappa shape index (κ2) is 8.47. The summed E-state index contributed by atoms with van der Waals surface area (Å²) in [6.07, 6.45) is 2.21. The molecule has 28 heavy (non-hydrogen) atoms. The minimum Gasteiger partial charge on any atom is -0.481 e. The average molecular weight is 382 g/mol. The summed E-state index contributed by atoms with van der Waals surface area (Å²) in [6.45, 7) is 6.10. The molecule has 0 saturated carbocycles. The van der Waals surface area contributed by atoms with E-state index in [9.17, 15) is 9.59 Å². The van der Waals surface area contributed by atoms with E-state index in [0.29, 0.717) is 11.6 Å². The number of carbonyl (C=O) groups is 1. The molecule has 146 valence electrons. The molecule has 1 aromatic carbocycles. The van der Waals surface area contributed by atoms with Crippen molar-refractivity contribution in [2.75, 3.05) is 6.54 Å². The summed E-state index contributed by atoms with van der Waals surface area (Å²) < 4.78 is 8.49. The molecule has 0 saturated heterocycles. The Balaban J connectivity index is 1.57. The Morgan fingerprint density at radius 3 is 2.82 bits per heavy atom. The van der Waals surface area contributed by atoms with Gasteiger partial charge in [0.25, 0.3) is 11.5 Å². The van der Waals surface area contributed by atoms with E-state index < -0.39 is 6.10 Å². The van der Waals surface area contributed by atoms with Crippen molar-refractivity contribution in [3.63, 3.8) is 0 Å². The minimum atomic E-state index is -0.660. The van der Waals surface area contributed by atoms with Crippen molar-refractivity contribution < 1.29 is 9.53 Å². The molecule has 2 aromatic heterocycles. The van der Waals surface area contributed by atoms with E-state index in [2.05, 4.69) is 20.5 Å². The fourth-order valence-electron chi connectivity index (χ4n) is 2.57. The molecular weight excluding hydrogens is 360 g/mol. The molecule has 9 nitrogen and oxygen atoms in total. The predicted molar refractivity (Wildman–Crippen MR) is 102 cm³/mol. The van der Waals surface area contributed by atoms with E-state index in [4.69, 9.17) is 4.74 Å². The molecule has 1 unspecified atom stereocenters. The Bertz CT molecular complexity index is 1010. The zero-order valence-corrected chi connectivity index (χ0v) is 16.0. The van der Waals surface area contributed by atoms with Gasteiger partial charge in [-0.1, -0.05) is 12.1 Å². The van der Waals surface area contributed by atoms with Gasteiger partial charge in [-0.05, 0) is 44.0 Å². The van der Waals surface area contributed by atoms with Crippen molar-refractivity contribution >= 4 is 5.91 Å². The number of nitrogens with one attached hydrogen (secondary N) is 1. The van der Waals surface area contributed by atoms with Gasteiger partial charge in [-0.2, -0.15) is 5.10 Å². The SMILES string of the molecule is Cc1cccc(OC(C)C(=O)NCCn2nc(-n3cncn3)ccc2=O)c1C. The Morgan fingerprint density at radius 1 is 1.25 bits per heavy atom. The van der Waals surface area contributed by atoms with E-state index in [-0.39, 0.29) is 24.6 Å². The van der Waals surface area contributed by atoms with Gasteiger partial charge in [0.2, 0.25) is 0 Å². The van der Waals surface area contributed by atoms with Crippen LogP contribution >= 0.6 is 0 Å². The van der Waals surface area contributed by atoms with Crippen LogP contribution in [0.5, 0.6) is 5.75 Å². The van der Waals surface area contributed by atoms with Crippen LogP contribution in [0.3, 0.4) is 0 Å². The van der Waals surface area contributed by atoms with Gasteiger partial charge < -0.3 is 10.1 Å². The van der Waals surface area contributed by atoms with Crippen molar-refractivity contribution in [3.05, 3.63) is 64.5 Å². The first-order valence-electron chi connectivity index (χ1n) is 8.89. The largest absolute Gasteiger partial charge is 0.481 e. The Morgan fingerprint density at radius 2 is 2.07 bits per heavy atom. The highest BCUT2D eigenvalue weighted by Gasteiger charge is 2.15. The minimum absolute atomic E-state index is 0.225. The van der Waals surface area contributed by atoms with Gasteiger partial charge in [0.1, 0.15) is 18.4 Å². The molecule has 0 fully saturated rings. The molecular formula is C19H22N6O3. The first-order chi connectivity index (χ1) is 13.5. The molecule has 3 rings (SSSR count). The maximum absolute atomic E-state index is 12.3. The lowest BCUT2D eigenvalue weighted by atomic mass is 10.1. The highest BCUT2D eigenvalue weighted by Crippen LogP contribution is 2.21. The summed E-state index contributed by atoms with van der Waals surface area (Å²) in [6, 6.07) is 8.68. The first kappa shape index (κ1) is 19.3. The van der Waals surface area contributed by atoms with Crippen LogP contribution in [-0.4, -0.2) is 43.1 Å². The Kier molecular flexibility index (Phi) is 5.83. The smallest absolute Gasteiger partial charge is 0.266 e. The third-order valence-corrected chi connectivity index (χ3v) is 4.36. The fraction of sp³-hybridized carbons (Fsp3) is 0.316. The molecule has 0 aliphatic heterocycles. The van der Waals surface area contributed by atoms with Crippen LogP contribution in [0.1, 0.15) is 18.1 Å². The number of nitrogens with zero attached hydrogens (tertiary/aromatic N) is 5. The van der Waals surface area contributed by atoms with Crippen LogP contribution in [0.25, 0.3) is 5.82 Å². The van der Waals surface area contributed by atoms with Gasteiger partial charge in [-0.3, -0.25) is 9.59 Å². The molecule has 1 atom stereocenters. The van der Waals surface area contributed by atoms with Crippen molar-refractivity contribution in [2.24, 2.45) is 0 Å². The first-order valence-corrected chi connectivity index (χ1v) is 8.89. The second-order valence-electron chi connectivity index (χ2n) is 6.34. The summed E-state index contributed by atoms with van der Waals surface area (Å²) in [4.78, 5) is 28.1. The van der Waals surface area contributed by atoms with Crippen LogP contribution in [0, 0.1) is 13.8 Å². The highest BCUT2D eigenvalue weighted by molar-refractivity contribution is 5.80. The van der Waals surface area contributed by atoms with Crippen LogP contribution in [0.15, 0.2) is 47.8 Å². The summed E-state index contributed by atoms with van der Waals surface area (Å²) in [5.41, 5.74) is 1.84. The number of carbonyl (C=O) groups excluding carboxylic acids is 1. The molecule has 1 N–H and O–H groups in total. The fourth-order valence-corrected chi connectivity index (χ4v) is 2.57. The molecule has 0 radical (unpaired) electrons. The summed E-state index contributed by atoms with van der Waals surface area (Å²) in [5.74, 6) is 0.887. The molecule has 9 heteroatoms. The number of ether oxygens (including phenoxy) is 1. The monoisotopic (exact) mass is 382 g/mol. The van der Waals surface area contributed by atoms with E-state index in [1.54, 1.807) is 13.0 Å². The number of rotatable bonds is 7. The van der Waals surface area contributed by atoms with Gasteiger partial charge in [-0.15, -0.1) is 5.10 Å².